The van der Waals surface area contributed by atoms with Crippen LogP contribution in [0.5, 0.6) is 5.75 Å². The number of rotatable bonds is 2. The van der Waals surface area contributed by atoms with Crippen LogP contribution in [0.2, 0.25) is 5.15 Å². The minimum absolute atomic E-state index is 0.00217. The van der Waals surface area contributed by atoms with Gasteiger partial charge in [0, 0.05) is 17.7 Å². The largest absolute Gasteiger partial charge is 0.493 e. The Kier molecular flexibility index (Phi) is 8.74. The molecule has 15 heteroatoms. The van der Waals surface area contributed by atoms with Crippen molar-refractivity contribution in [1.82, 2.24) is 14.9 Å². The first kappa shape index (κ1) is 34.1. The summed E-state index contributed by atoms with van der Waals surface area (Å²) in [7, 11) is -4.20. The normalized spacial score (nSPS) is 21.9. The van der Waals surface area contributed by atoms with Gasteiger partial charge in [0.15, 0.2) is 9.84 Å². The average molecular weight is 664 g/mol. The molecule has 13 nitrogen and oxygen atoms in total. The number of nitrogens with one attached hydrogen (secondary N) is 1. The molecule has 244 valence electrons. The van der Waals surface area contributed by atoms with Crippen LogP contribution < -0.4 is 10.1 Å². The molecule has 45 heavy (non-hydrogen) atoms. The Morgan fingerprint density at radius 3 is 2.13 bits per heavy atom. The number of benzene rings is 1. The highest BCUT2D eigenvalue weighted by molar-refractivity contribution is 7.94. The number of imide groups is 1. The zero-order chi connectivity index (χ0) is 33.8. The number of amidine groups is 1. The fourth-order valence-electron chi connectivity index (χ4n) is 5.09. The van der Waals surface area contributed by atoms with Gasteiger partial charge in [-0.25, -0.2) is 28.0 Å². The molecule has 0 aliphatic carbocycles. The molecule has 3 amide bonds. The van der Waals surface area contributed by atoms with Crippen molar-refractivity contribution in [3.8, 4) is 5.75 Å². The number of aromatic nitrogens is 2. The van der Waals surface area contributed by atoms with E-state index in [9.17, 15) is 22.8 Å². The zero-order valence-corrected chi connectivity index (χ0v) is 28.3. The minimum Gasteiger partial charge on any atom is -0.493 e. The summed E-state index contributed by atoms with van der Waals surface area (Å²) in [6, 6.07) is 4.73. The van der Waals surface area contributed by atoms with Crippen LogP contribution in [-0.2, 0) is 24.8 Å². The molecule has 2 aliphatic rings. The van der Waals surface area contributed by atoms with Gasteiger partial charge in [0.25, 0.3) is 5.91 Å². The molecular weight excluding hydrogens is 626 g/mol. The van der Waals surface area contributed by atoms with Crippen LogP contribution in [-0.4, -0.2) is 75.0 Å². The Morgan fingerprint density at radius 2 is 1.60 bits per heavy atom. The topological polar surface area (TPSA) is 166 Å². The van der Waals surface area contributed by atoms with Crippen molar-refractivity contribution in [2.24, 2.45) is 4.99 Å². The standard InChI is InChI=1S/C30H38ClN5O8S/c1-27(2,3)43-25(38)36(26(39)44-28(4,5)6)24-29(7,8)45(40,41)21-12-13-42-20-11-10-17(14-18(20)30(21,9)35-24)34-23(37)19-15-33-22(31)16-32-19/h10-11,14-16,21H,12-13H2,1-9H3,(H,34,37). The quantitative estimate of drug-likeness (QED) is 0.432. The van der Waals surface area contributed by atoms with Crippen molar-refractivity contribution < 1.29 is 37.0 Å². The van der Waals surface area contributed by atoms with E-state index < -0.39 is 54.7 Å². The van der Waals surface area contributed by atoms with Crippen molar-refractivity contribution in [2.45, 2.75) is 95.5 Å². The lowest BCUT2D eigenvalue weighted by Gasteiger charge is -2.46. The molecule has 0 saturated carbocycles. The molecule has 0 spiro atoms. The molecule has 2 aromatic rings. The number of hydrogen-bond acceptors (Lipinski definition) is 11. The molecule has 0 fully saturated rings. The summed E-state index contributed by atoms with van der Waals surface area (Å²) in [5, 5.41) is 1.72. The number of hydrogen-bond donors (Lipinski definition) is 1. The number of fused-ring (bicyclic) bond motifs is 3. The van der Waals surface area contributed by atoms with Crippen molar-refractivity contribution in [3.05, 3.63) is 47.0 Å². The number of amides is 3. The molecule has 4 rings (SSSR count). The third-order valence-corrected chi connectivity index (χ3v) is 10.5. The molecule has 2 atom stereocenters. The molecule has 0 saturated heterocycles. The summed E-state index contributed by atoms with van der Waals surface area (Å²) >= 11 is 5.79. The van der Waals surface area contributed by atoms with Crippen molar-refractivity contribution in [1.29, 1.82) is 0 Å². The van der Waals surface area contributed by atoms with E-state index in [0.29, 0.717) is 16.2 Å². The lowest BCUT2D eigenvalue weighted by Crippen LogP contribution is -2.64. The number of nitrogens with zero attached hydrogens (tertiary/aromatic N) is 4. The van der Waals surface area contributed by atoms with Crippen LogP contribution >= 0.6 is 11.6 Å². The summed E-state index contributed by atoms with van der Waals surface area (Å²) in [6.45, 7) is 14.1. The molecule has 0 bridgehead atoms. The van der Waals surface area contributed by atoms with E-state index in [1.165, 1.54) is 26.2 Å². The van der Waals surface area contributed by atoms with Gasteiger partial charge in [0.2, 0.25) is 0 Å². The van der Waals surface area contributed by atoms with Crippen molar-refractivity contribution in [3.63, 3.8) is 0 Å². The monoisotopic (exact) mass is 663 g/mol. The van der Waals surface area contributed by atoms with Crippen molar-refractivity contribution >= 4 is 51.1 Å². The fourth-order valence-corrected chi connectivity index (χ4v) is 7.48. The predicted molar refractivity (Wildman–Crippen MR) is 167 cm³/mol. The molecule has 0 radical (unpaired) electrons. The number of anilines is 1. The van der Waals surface area contributed by atoms with E-state index in [4.69, 9.17) is 30.8 Å². The Hall–Kier alpha value is -3.78. The summed E-state index contributed by atoms with van der Waals surface area (Å²) < 4.78 is 44.2. The Bertz CT molecular complexity index is 1630. The van der Waals surface area contributed by atoms with Gasteiger partial charge in [-0.2, -0.15) is 4.90 Å². The average Bonchev–Trinajstić information content (AvgIpc) is 3.02. The first-order valence-corrected chi connectivity index (χ1v) is 16.2. The summed E-state index contributed by atoms with van der Waals surface area (Å²) in [5.74, 6) is -0.634. The summed E-state index contributed by atoms with van der Waals surface area (Å²) in [6.07, 6.45) is 0.232. The van der Waals surface area contributed by atoms with Gasteiger partial charge in [-0.3, -0.25) is 9.79 Å². The van der Waals surface area contributed by atoms with E-state index in [-0.39, 0.29) is 35.4 Å². The van der Waals surface area contributed by atoms with Crippen LogP contribution in [0.15, 0.2) is 35.6 Å². The summed E-state index contributed by atoms with van der Waals surface area (Å²) in [4.78, 5) is 53.5. The molecule has 2 aliphatic heterocycles. The molecule has 1 aromatic carbocycles. The Labute approximate surface area is 267 Å². The van der Waals surface area contributed by atoms with E-state index in [0.717, 1.165) is 0 Å². The molecule has 1 aromatic heterocycles. The maximum Gasteiger partial charge on any atom is 0.425 e. The maximum atomic E-state index is 14.5. The third kappa shape index (κ3) is 6.76. The maximum absolute atomic E-state index is 14.5. The van der Waals surface area contributed by atoms with E-state index in [2.05, 4.69) is 15.3 Å². The van der Waals surface area contributed by atoms with Gasteiger partial charge in [-0.15, -0.1) is 0 Å². The number of ether oxygens (including phenoxy) is 3. The number of sulfone groups is 1. The first-order valence-electron chi connectivity index (χ1n) is 14.2. The number of halogens is 1. The third-order valence-electron chi connectivity index (χ3n) is 7.23. The van der Waals surface area contributed by atoms with Crippen molar-refractivity contribution in [2.75, 3.05) is 11.9 Å². The lowest BCUT2D eigenvalue weighted by molar-refractivity contribution is 0.0138. The first-order chi connectivity index (χ1) is 20.6. The highest BCUT2D eigenvalue weighted by atomic mass is 35.5. The zero-order valence-electron chi connectivity index (χ0n) is 26.7. The van der Waals surface area contributed by atoms with Gasteiger partial charge >= 0.3 is 12.2 Å². The minimum atomic E-state index is -4.20. The highest BCUT2D eigenvalue weighted by Gasteiger charge is 2.61. The van der Waals surface area contributed by atoms with E-state index >= 15 is 0 Å². The SMILES string of the molecule is CC(C)(C)OC(=O)N(C(=O)OC(C)(C)C)C1=NC2(C)c3cc(NC(=O)c4cnc(Cl)cn4)ccc3OCCC2S(=O)(=O)C1(C)C. The second-order valence-electron chi connectivity index (χ2n) is 13.4. The fraction of sp³-hybridized carbons (Fsp3) is 0.533. The Morgan fingerprint density at radius 1 is 1.00 bits per heavy atom. The van der Waals surface area contributed by atoms with Crippen LogP contribution in [0.4, 0.5) is 15.3 Å². The molecule has 1 N–H and O–H groups in total. The Balaban J connectivity index is 1.91. The van der Waals surface area contributed by atoms with Gasteiger partial charge < -0.3 is 19.5 Å². The summed E-state index contributed by atoms with van der Waals surface area (Å²) in [5.41, 5.74) is -3.05. The lowest BCUT2D eigenvalue weighted by atomic mass is 9.86. The number of aliphatic imine (C=N–C) groups is 1. The number of carbonyl (C=O) groups is 3. The van der Waals surface area contributed by atoms with E-state index in [1.807, 2.05) is 0 Å². The second kappa shape index (κ2) is 11.5. The molecule has 3 heterocycles. The van der Waals surface area contributed by atoms with Crippen LogP contribution in [0.3, 0.4) is 0 Å². The van der Waals surface area contributed by atoms with Crippen LogP contribution in [0.1, 0.15) is 84.8 Å². The smallest absolute Gasteiger partial charge is 0.425 e. The van der Waals surface area contributed by atoms with Gasteiger partial charge in [-0.05, 0) is 80.5 Å². The van der Waals surface area contributed by atoms with Gasteiger partial charge in [0.05, 0.1) is 24.3 Å². The van der Waals surface area contributed by atoms with Crippen LogP contribution in [0, 0.1) is 0 Å². The van der Waals surface area contributed by atoms with Crippen LogP contribution in [0.25, 0.3) is 0 Å². The predicted octanol–water partition coefficient (Wildman–Crippen LogP) is 5.53. The van der Waals surface area contributed by atoms with E-state index in [1.54, 1.807) is 66.7 Å². The molecule has 2 unspecified atom stereocenters. The number of carbonyl (C=O) groups excluding carboxylic acids is 3. The van der Waals surface area contributed by atoms with Gasteiger partial charge in [0.1, 0.15) is 43.9 Å². The molecular formula is C30H38ClN5O8S. The second-order valence-corrected chi connectivity index (χ2v) is 16.5. The van der Waals surface area contributed by atoms with Gasteiger partial charge in [-0.1, -0.05) is 11.6 Å². The highest BCUT2D eigenvalue weighted by Crippen LogP contribution is 2.49.